The van der Waals surface area contributed by atoms with Gasteiger partial charge in [-0.15, -0.1) is 5.10 Å². The van der Waals surface area contributed by atoms with E-state index < -0.39 is 17.2 Å². The second-order valence-corrected chi connectivity index (χ2v) is 8.83. The molecule has 0 spiro atoms. The number of ether oxygens (including phenoxy) is 1. The quantitative estimate of drug-likeness (QED) is 0.326. The summed E-state index contributed by atoms with van der Waals surface area (Å²) >= 11 is 0. The van der Waals surface area contributed by atoms with Gasteiger partial charge in [-0.3, -0.25) is 0 Å². The van der Waals surface area contributed by atoms with E-state index in [1.165, 1.54) is 51.4 Å². The van der Waals surface area contributed by atoms with Gasteiger partial charge >= 0.3 is 5.69 Å². The third-order valence-electron chi connectivity index (χ3n) is 6.43. The number of rotatable bonds is 7. The molecule has 1 fully saturated rings. The minimum Gasteiger partial charge on any atom is -0.368 e. The van der Waals surface area contributed by atoms with E-state index in [-0.39, 0.29) is 36.9 Å². The second kappa shape index (κ2) is 9.13. The van der Waals surface area contributed by atoms with E-state index in [2.05, 4.69) is 30.7 Å². The Morgan fingerprint density at radius 2 is 1.86 bits per heavy atom. The van der Waals surface area contributed by atoms with E-state index in [4.69, 9.17) is 4.74 Å². The molecule has 1 saturated heterocycles. The Hall–Kier alpha value is -4.59. The van der Waals surface area contributed by atoms with Gasteiger partial charge in [0.2, 0.25) is 0 Å². The standard InChI is InChI=1S/C23H20F2N10O2/c24-17-1-6-20(21(25)7-17)23(11-32-13-26-12-28-32)8-16(10-37-23)9-34-22(36)33(15-29-34)18-2-4-19(5-3-18)35-14-27-30-31-35/h1-7,12-16H,8-11H2/t16-,23+/m1/s1. The first-order valence-corrected chi connectivity index (χ1v) is 11.4. The zero-order valence-electron chi connectivity index (χ0n) is 19.3. The molecule has 1 aliphatic heterocycles. The van der Waals surface area contributed by atoms with Crippen molar-refractivity contribution >= 4 is 0 Å². The van der Waals surface area contributed by atoms with Crippen molar-refractivity contribution in [3.63, 3.8) is 0 Å². The molecule has 12 nitrogen and oxygen atoms in total. The summed E-state index contributed by atoms with van der Waals surface area (Å²) in [6.07, 6.45) is 6.19. The van der Waals surface area contributed by atoms with Crippen LogP contribution in [0.15, 0.2) is 72.6 Å². The predicted octanol–water partition coefficient (Wildman–Crippen LogP) is 1.51. The molecule has 6 rings (SSSR count). The average molecular weight is 506 g/mol. The lowest BCUT2D eigenvalue weighted by atomic mass is 9.86. The Kier molecular flexibility index (Phi) is 5.64. The number of halogens is 2. The molecule has 2 aromatic carbocycles. The molecule has 1 aliphatic rings. The van der Waals surface area contributed by atoms with Crippen molar-refractivity contribution in [1.29, 1.82) is 0 Å². The molecule has 0 unspecified atom stereocenters. The molecular weight excluding hydrogens is 486 g/mol. The molecule has 0 saturated carbocycles. The summed E-state index contributed by atoms with van der Waals surface area (Å²) in [6, 6.07) is 10.5. The number of hydrogen-bond acceptors (Lipinski definition) is 8. The molecule has 0 radical (unpaired) electrons. The molecule has 37 heavy (non-hydrogen) atoms. The highest BCUT2D eigenvalue weighted by Gasteiger charge is 2.44. The van der Waals surface area contributed by atoms with Crippen LogP contribution in [0.25, 0.3) is 11.4 Å². The van der Waals surface area contributed by atoms with Crippen LogP contribution in [0.2, 0.25) is 0 Å². The fourth-order valence-electron chi connectivity index (χ4n) is 4.73. The largest absolute Gasteiger partial charge is 0.368 e. The highest BCUT2D eigenvalue weighted by Crippen LogP contribution is 2.42. The van der Waals surface area contributed by atoms with Gasteiger partial charge in [-0.1, -0.05) is 6.07 Å². The highest BCUT2D eigenvalue weighted by molar-refractivity contribution is 5.40. The Labute approximate surface area is 207 Å². The van der Waals surface area contributed by atoms with E-state index in [9.17, 15) is 13.6 Å². The monoisotopic (exact) mass is 506 g/mol. The van der Waals surface area contributed by atoms with Crippen molar-refractivity contribution in [3.8, 4) is 11.4 Å². The van der Waals surface area contributed by atoms with Gasteiger partial charge in [0.15, 0.2) is 0 Å². The van der Waals surface area contributed by atoms with Gasteiger partial charge in [0.25, 0.3) is 0 Å². The topological polar surface area (TPSA) is 123 Å². The fourth-order valence-corrected chi connectivity index (χ4v) is 4.73. The van der Waals surface area contributed by atoms with Crippen LogP contribution < -0.4 is 5.69 Å². The summed E-state index contributed by atoms with van der Waals surface area (Å²) in [5, 5.41) is 19.5. The maximum Gasteiger partial charge on any atom is 0.350 e. The lowest BCUT2D eigenvalue weighted by molar-refractivity contribution is -0.0205. The van der Waals surface area contributed by atoms with Crippen molar-refractivity contribution in [3.05, 3.63) is 95.5 Å². The molecule has 4 heterocycles. The van der Waals surface area contributed by atoms with Gasteiger partial charge in [0, 0.05) is 17.5 Å². The molecule has 0 bridgehead atoms. The van der Waals surface area contributed by atoms with E-state index >= 15 is 0 Å². The van der Waals surface area contributed by atoms with Crippen LogP contribution in [0.1, 0.15) is 12.0 Å². The Morgan fingerprint density at radius 1 is 1.03 bits per heavy atom. The van der Waals surface area contributed by atoms with Gasteiger partial charge in [0.05, 0.1) is 31.1 Å². The van der Waals surface area contributed by atoms with E-state index in [1.54, 1.807) is 28.9 Å². The van der Waals surface area contributed by atoms with E-state index in [0.717, 1.165) is 11.8 Å². The lowest BCUT2D eigenvalue weighted by Gasteiger charge is -2.29. The first kappa shape index (κ1) is 22.8. The van der Waals surface area contributed by atoms with Crippen LogP contribution in [0.4, 0.5) is 8.78 Å². The summed E-state index contributed by atoms with van der Waals surface area (Å²) in [5.41, 5.74) is 0.178. The maximum absolute atomic E-state index is 14.9. The van der Waals surface area contributed by atoms with Gasteiger partial charge in [0.1, 0.15) is 42.5 Å². The van der Waals surface area contributed by atoms with Crippen LogP contribution in [-0.2, 0) is 23.4 Å². The van der Waals surface area contributed by atoms with E-state index in [0.29, 0.717) is 12.1 Å². The summed E-state index contributed by atoms with van der Waals surface area (Å²) in [5.74, 6) is -1.53. The number of hydrogen-bond donors (Lipinski definition) is 0. The van der Waals surface area contributed by atoms with Crippen molar-refractivity contribution in [2.24, 2.45) is 5.92 Å². The van der Waals surface area contributed by atoms with Crippen LogP contribution in [0, 0.1) is 17.6 Å². The Bertz CT molecular complexity index is 1560. The molecule has 5 aromatic rings. The van der Waals surface area contributed by atoms with Crippen molar-refractivity contribution in [1.82, 2.24) is 49.3 Å². The molecule has 2 atom stereocenters. The van der Waals surface area contributed by atoms with Crippen LogP contribution in [-0.4, -0.2) is 55.9 Å². The van der Waals surface area contributed by atoms with Crippen LogP contribution >= 0.6 is 0 Å². The van der Waals surface area contributed by atoms with E-state index in [1.807, 2.05) is 0 Å². The molecule has 0 N–H and O–H groups in total. The third-order valence-corrected chi connectivity index (χ3v) is 6.43. The summed E-state index contributed by atoms with van der Waals surface area (Å²) in [7, 11) is 0. The van der Waals surface area contributed by atoms with Crippen LogP contribution in [0.3, 0.4) is 0 Å². The zero-order chi connectivity index (χ0) is 25.4. The minimum atomic E-state index is -1.10. The number of tetrazole rings is 1. The summed E-state index contributed by atoms with van der Waals surface area (Å²) in [4.78, 5) is 17.1. The van der Waals surface area contributed by atoms with Crippen LogP contribution in [0.5, 0.6) is 0 Å². The van der Waals surface area contributed by atoms with Gasteiger partial charge < -0.3 is 4.74 Å². The SMILES string of the molecule is O=c1n(-c2ccc(-n3cnnn3)cc2)cnn1C[C@@H]1CO[C@@](Cn2cncn2)(c2ccc(F)cc2F)C1. The van der Waals surface area contributed by atoms with Crippen molar-refractivity contribution < 1.29 is 13.5 Å². The average Bonchev–Trinajstić information content (AvgIpc) is 3.70. The summed E-state index contributed by atoms with van der Waals surface area (Å²) < 4.78 is 40.5. The van der Waals surface area contributed by atoms with Crippen molar-refractivity contribution in [2.75, 3.05) is 6.61 Å². The van der Waals surface area contributed by atoms with Crippen molar-refractivity contribution in [2.45, 2.75) is 25.1 Å². The molecule has 14 heteroatoms. The molecule has 0 amide bonds. The Morgan fingerprint density at radius 3 is 2.59 bits per heavy atom. The maximum atomic E-state index is 14.9. The lowest BCUT2D eigenvalue weighted by Crippen LogP contribution is -2.33. The van der Waals surface area contributed by atoms with Gasteiger partial charge in [-0.05, 0) is 47.2 Å². The van der Waals surface area contributed by atoms with Gasteiger partial charge in [-0.25, -0.2) is 37.2 Å². The number of aromatic nitrogens is 10. The minimum absolute atomic E-state index is 0.156. The first-order chi connectivity index (χ1) is 18.0. The zero-order valence-corrected chi connectivity index (χ0v) is 19.3. The molecule has 188 valence electrons. The Balaban J connectivity index is 1.23. The molecule has 3 aromatic heterocycles. The number of nitrogens with zero attached hydrogens (tertiary/aromatic N) is 10. The number of benzene rings is 2. The third kappa shape index (κ3) is 4.31. The smallest absolute Gasteiger partial charge is 0.350 e. The highest BCUT2D eigenvalue weighted by atomic mass is 19.1. The normalized spacial score (nSPS) is 19.5. The molecular formula is C23H20F2N10O2. The van der Waals surface area contributed by atoms with Gasteiger partial charge in [-0.2, -0.15) is 10.2 Å². The fraction of sp³-hybridized carbons (Fsp3) is 0.261. The second-order valence-electron chi connectivity index (χ2n) is 8.83. The predicted molar refractivity (Wildman–Crippen MR) is 123 cm³/mol. The first-order valence-electron chi connectivity index (χ1n) is 11.4. The summed E-state index contributed by atoms with van der Waals surface area (Å²) in [6.45, 7) is 0.699. The molecule has 0 aliphatic carbocycles.